The van der Waals surface area contributed by atoms with Gasteiger partial charge in [-0.15, -0.1) is 0 Å². The van der Waals surface area contributed by atoms with Gasteiger partial charge in [-0.1, -0.05) is 19.1 Å². The molecule has 1 aromatic rings. The highest BCUT2D eigenvalue weighted by Crippen LogP contribution is 2.13. The average Bonchev–Trinajstić information content (AvgIpc) is 2.49. The van der Waals surface area contributed by atoms with Crippen molar-refractivity contribution >= 4 is 11.9 Å². The summed E-state index contributed by atoms with van der Waals surface area (Å²) in [6.07, 6.45) is 0.0944. The first-order chi connectivity index (χ1) is 10.4. The molecule has 6 heteroatoms. The topological polar surface area (TPSA) is 93.1 Å². The van der Waals surface area contributed by atoms with Gasteiger partial charge >= 0.3 is 11.9 Å². The quantitative estimate of drug-likeness (QED) is 0.751. The van der Waals surface area contributed by atoms with E-state index >= 15 is 0 Å². The molecule has 0 amide bonds. The Labute approximate surface area is 130 Å². The molecule has 0 aliphatic heterocycles. The second kappa shape index (κ2) is 11.6. The van der Waals surface area contributed by atoms with Crippen LogP contribution in [0.3, 0.4) is 0 Å². The lowest BCUT2D eigenvalue weighted by Gasteiger charge is -2.15. The lowest BCUT2D eigenvalue weighted by molar-refractivity contribution is -0.156. The minimum Gasteiger partial charge on any atom is -0.508 e. The van der Waals surface area contributed by atoms with Crippen molar-refractivity contribution < 1.29 is 29.3 Å². The molecule has 0 radical (unpaired) electrons. The van der Waals surface area contributed by atoms with E-state index in [0.29, 0.717) is 19.6 Å². The highest BCUT2D eigenvalue weighted by molar-refractivity contribution is 5.75. The summed E-state index contributed by atoms with van der Waals surface area (Å²) >= 11 is 0. The molecule has 0 heterocycles. The van der Waals surface area contributed by atoms with Crippen molar-refractivity contribution in [2.75, 3.05) is 13.2 Å². The summed E-state index contributed by atoms with van der Waals surface area (Å²) in [6.45, 7) is 6.01. The molecule has 0 saturated carbocycles. The van der Waals surface area contributed by atoms with Gasteiger partial charge in [0, 0.05) is 19.4 Å². The summed E-state index contributed by atoms with van der Waals surface area (Å²) in [4.78, 5) is 21.0. The number of carboxylic acid groups (broad SMARTS) is 1. The van der Waals surface area contributed by atoms with Gasteiger partial charge in [0.1, 0.15) is 5.75 Å². The Balaban J connectivity index is 0.000000763. The number of carbonyl (C=O) groups excluding carboxylic acids is 1. The van der Waals surface area contributed by atoms with E-state index in [1.165, 1.54) is 0 Å². The van der Waals surface area contributed by atoms with E-state index in [1.54, 1.807) is 38.1 Å². The van der Waals surface area contributed by atoms with Crippen molar-refractivity contribution in [3.05, 3.63) is 29.8 Å². The molecule has 0 bridgehead atoms. The third-order valence-electron chi connectivity index (χ3n) is 2.58. The van der Waals surface area contributed by atoms with Crippen LogP contribution in [0, 0.1) is 0 Å². The third-order valence-corrected chi connectivity index (χ3v) is 2.58. The van der Waals surface area contributed by atoms with Crippen LogP contribution in [-0.2, 0) is 25.5 Å². The normalized spacial score (nSPS) is 11.0. The van der Waals surface area contributed by atoms with E-state index in [2.05, 4.69) is 0 Å². The van der Waals surface area contributed by atoms with Gasteiger partial charge in [0.05, 0.1) is 6.61 Å². The van der Waals surface area contributed by atoms with Crippen LogP contribution in [0.4, 0.5) is 0 Å². The lowest BCUT2D eigenvalue weighted by atomic mass is 10.1. The van der Waals surface area contributed by atoms with Crippen molar-refractivity contribution in [2.45, 2.75) is 39.7 Å². The van der Waals surface area contributed by atoms with Crippen molar-refractivity contribution in [1.82, 2.24) is 0 Å². The van der Waals surface area contributed by atoms with Crippen LogP contribution in [0.15, 0.2) is 24.3 Å². The fourth-order valence-corrected chi connectivity index (χ4v) is 1.49. The molecule has 22 heavy (non-hydrogen) atoms. The first-order valence-corrected chi connectivity index (χ1v) is 7.22. The molecular formula is C16H24O6. The number of esters is 1. The van der Waals surface area contributed by atoms with Crippen LogP contribution >= 0.6 is 0 Å². The van der Waals surface area contributed by atoms with Crippen molar-refractivity contribution in [1.29, 1.82) is 0 Å². The lowest BCUT2D eigenvalue weighted by Crippen LogP contribution is -2.28. The number of carbonyl (C=O) groups is 2. The van der Waals surface area contributed by atoms with Crippen LogP contribution in [0.5, 0.6) is 5.75 Å². The number of phenols is 1. The Bertz CT molecular complexity index is 440. The summed E-state index contributed by atoms with van der Waals surface area (Å²) in [5, 5.41) is 16.9. The number of carboxylic acids is 1. The van der Waals surface area contributed by atoms with Gasteiger partial charge in [-0.25, -0.2) is 4.79 Å². The zero-order valence-electron chi connectivity index (χ0n) is 13.2. The van der Waals surface area contributed by atoms with Gasteiger partial charge in [0.2, 0.25) is 0 Å². The predicted octanol–water partition coefficient (Wildman–Crippen LogP) is 2.38. The number of ether oxygens (including phenoxy) is 2. The molecule has 124 valence electrons. The molecule has 0 unspecified atom stereocenters. The van der Waals surface area contributed by atoms with Crippen LogP contribution in [0.1, 0.15) is 32.8 Å². The summed E-state index contributed by atoms with van der Waals surface area (Å²) in [5.74, 6) is -0.884. The van der Waals surface area contributed by atoms with Gasteiger partial charge in [0.25, 0.3) is 0 Å². The maximum Gasteiger partial charge on any atom is 0.335 e. The second-order valence-electron chi connectivity index (χ2n) is 4.31. The number of benzene rings is 1. The molecule has 1 rings (SSSR count). The van der Waals surface area contributed by atoms with Crippen LogP contribution in [0.25, 0.3) is 0 Å². The molecule has 0 aliphatic rings. The zero-order valence-corrected chi connectivity index (χ0v) is 13.2. The largest absolute Gasteiger partial charge is 0.508 e. The maximum atomic E-state index is 11.6. The van der Waals surface area contributed by atoms with Gasteiger partial charge in [-0.05, 0) is 31.5 Å². The first kappa shape index (κ1) is 19.9. The number of aromatic hydroxyl groups is 1. The Kier molecular flexibility index (Phi) is 10.5. The predicted molar refractivity (Wildman–Crippen MR) is 81.8 cm³/mol. The molecular weight excluding hydrogens is 288 g/mol. The van der Waals surface area contributed by atoms with Crippen molar-refractivity contribution in [3.8, 4) is 5.75 Å². The Hall–Kier alpha value is -2.08. The fourth-order valence-electron chi connectivity index (χ4n) is 1.49. The number of hydrogen-bond donors (Lipinski definition) is 2. The maximum absolute atomic E-state index is 11.6. The minimum atomic E-state index is -0.745. The summed E-state index contributed by atoms with van der Waals surface area (Å²) in [6, 6.07) is 6.70. The zero-order chi connectivity index (χ0) is 17.0. The number of rotatable bonds is 7. The van der Waals surface area contributed by atoms with Crippen LogP contribution in [-0.4, -0.2) is 41.5 Å². The number of hydrogen-bond acceptors (Lipinski definition) is 5. The van der Waals surface area contributed by atoms with Crippen LogP contribution in [0.2, 0.25) is 0 Å². The fraction of sp³-hybridized carbons (Fsp3) is 0.500. The monoisotopic (exact) mass is 312 g/mol. The van der Waals surface area contributed by atoms with Gasteiger partial charge < -0.3 is 19.7 Å². The van der Waals surface area contributed by atoms with E-state index in [4.69, 9.17) is 19.7 Å². The molecule has 0 aromatic heterocycles. The Morgan fingerprint density at radius 1 is 1.09 bits per heavy atom. The molecule has 2 N–H and O–H groups in total. The molecule has 1 aromatic carbocycles. The first-order valence-electron chi connectivity index (χ1n) is 7.22. The SMILES string of the molecule is CCC(=O)O.CCOC(=O)[C@H](Cc1ccc(O)cc1)OCC. The highest BCUT2D eigenvalue weighted by atomic mass is 16.6. The number of phenolic OH excluding ortho intramolecular Hbond substituents is 1. The average molecular weight is 312 g/mol. The highest BCUT2D eigenvalue weighted by Gasteiger charge is 2.20. The summed E-state index contributed by atoms with van der Waals surface area (Å²) in [7, 11) is 0. The summed E-state index contributed by atoms with van der Waals surface area (Å²) < 4.78 is 10.3. The number of aliphatic carboxylic acids is 1. The van der Waals surface area contributed by atoms with E-state index in [-0.39, 0.29) is 18.1 Å². The summed E-state index contributed by atoms with van der Waals surface area (Å²) in [5.41, 5.74) is 0.925. The molecule has 6 nitrogen and oxygen atoms in total. The van der Waals surface area contributed by atoms with Gasteiger partial charge in [0.15, 0.2) is 6.10 Å². The van der Waals surface area contributed by atoms with Gasteiger partial charge in [-0.3, -0.25) is 4.79 Å². The standard InChI is InChI=1S/C13H18O4.C3H6O2/c1-3-16-12(13(15)17-4-2)9-10-5-7-11(14)8-6-10;1-2-3(4)5/h5-8,12,14H,3-4,9H2,1-2H3;2H2,1H3,(H,4,5)/t12-;/m0./s1. The minimum absolute atomic E-state index is 0.206. The third kappa shape index (κ3) is 8.97. The molecule has 0 fully saturated rings. The molecule has 1 atom stereocenters. The second-order valence-corrected chi connectivity index (χ2v) is 4.31. The Morgan fingerprint density at radius 2 is 1.64 bits per heavy atom. The van der Waals surface area contributed by atoms with Gasteiger partial charge in [-0.2, -0.15) is 0 Å². The van der Waals surface area contributed by atoms with E-state index in [9.17, 15) is 9.59 Å². The Morgan fingerprint density at radius 3 is 2.05 bits per heavy atom. The van der Waals surface area contributed by atoms with Crippen LogP contribution < -0.4 is 0 Å². The van der Waals surface area contributed by atoms with Crippen molar-refractivity contribution in [2.24, 2.45) is 0 Å². The van der Waals surface area contributed by atoms with E-state index < -0.39 is 12.1 Å². The smallest absolute Gasteiger partial charge is 0.335 e. The van der Waals surface area contributed by atoms with E-state index in [1.807, 2.05) is 6.92 Å². The molecule has 0 saturated heterocycles. The molecule has 0 spiro atoms. The van der Waals surface area contributed by atoms with E-state index in [0.717, 1.165) is 5.56 Å². The van der Waals surface area contributed by atoms with Crippen molar-refractivity contribution in [3.63, 3.8) is 0 Å². The molecule has 0 aliphatic carbocycles.